The highest BCUT2D eigenvalue weighted by Gasteiger charge is 2.40. The molecule has 0 bridgehead atoms. The fourth-order valence-corrected chi connectivity index (χ4v) is 2.17. The lowest BCUT2D eigenvalue weighted by molar-refractivity contribution is -0.141. The number of β-amino-alcohol motifs (C(OH)–C–C–N with tert-alkyl or cyclic N) is 1. The standard InChI is InChI=1S/C12H19N3O4/c1-8(2)14(5-3-4-13)12(19)15-7-9(16)6-10(15)11(17)18/h8-10,16H,3,5-7H2,1-2H3,(H,17,18)/t9-,10-/m1/s1. The molecule has 2 amide bonds. The summed E-state index contributed by atoms with van der Waals surface area (Å²) in [6, 6.07) is 0.401. The molecular formula is C12H19N3O4. The van der Waals surface area contributed by atoms with E-state index in [1.807, 2.05) is 6.07 Å². The highest BCUT2D eigenvalue weighted by atomic mass is 16.4. The number of nitriles is 1. The third-order valence-electron chi connectivity index (χ3n) is 3.14. The number of hydrogen-bond donors (Lipinski definition) is 2. The number of likely N-dealkylation sites (tertiary alicyclic amines) is 1. The third kappa shape index (κ3) is 3.58. The van der Waals surface area contributed by atoms with E-state index in [-0.39, 0.29) is 32.0 Å². The number of aliphatic carboxylic acids is 1. The van der Waals surface area contributed by atoms with Crippen molar-refractivity contribution in [3.8, 4) is 6.07 Å². The molecule has 0 saturated carbocycles. The predicted octanol–water partition coefficient (Wildman–Crippen LogP) is 0.250. The van der Waals surface area contributed by atoms with Gasteiger partial charge in [-0.1, -0.05) is 0 Å². The van der Waals surface area contributed by atoms with E-state index in [0.29, 0.717) is 0 Å². The van der Waals surface area contributed by atoms with Crippen LogP contribution in [-0.2, 0) is 4.79 Å². The Morgan fingerprint density at radius 1 is 1.53 bits per heavy atom. The van der Waals surface area contributed by atoms with Crippen LogP contribution in [0.4, 0.5) is 4.79 Å². The first kappa shape index (κ1) is 15.2. The molecule has 7 heteroatoms. The van der Waals surface area contributed by atoms with Crippen molar-refractivity contribution in [2.24, 2.45) is 0 Å². The molecule has 0 unspecified atom stereocenters. The van der Waals surface area contributed by atoms with Gasteiger partial charge in [-0.15, -0.1) is 0 Å². The van der Waals surface area contributed by atoms with Crippen LogP contribution in [0.5, 0.6) is 0 Å². The summed E-state index contributed by atoms with van der Waals surface area (Å²) in [5.41, 5.74) is 0. The number of urea groups is 1. The number of rotatable bonds is 4. The minimum absolute atomic E-state index is 0.0194. The molecule has 106 valence electrons. The van der Waals surface area contributed by atoms with Crippen molar-refractivity contribution in [3.63, 3.8) is 0 Å². The van der Waals surface area contributed by atoms with E-state index in [9.17, 15) is 14.7 Å². The van der Waals surface area contributed by atoms with Crippen LogP contribution in [0, 0.1) is 11.3 Å². The topological polar surface area (TPSA) is 105 Å². The Balaban J connectivity index is 2.83. The van der Waals surface area contributed by atoms with Crippen LogP contribution < -0.4 is 0 Å². The second-order valence-corrected chi connectivity index (χ2v) is 4.87. The molecule has 0 aromatic rings. The molecule has 0 aliphatic carbocycles. The molecule has 1 aliphatic heterocycles. The summed E-state index contributed by atoms with van der Waals surface area (Å²) in [4.78, 5) is 26.0. The molecular weight excluding hydrogens is 250 g/mol. The van der Waals surface area contributed by atoms with Gasteiger partial charge < -0.3 is 20.0 Å². The number of amides is 2. The molecule has 2 N–H and O–H groups in total. The number of carboxylic acids is 1. The quantitative estimate of drug-likeness (QED) is 0.761. The van der Waals surface area contributed by atoms with Crippen molar-refractivity contribution in [1.82, 2.24) is 9.80 Å². The average molecular weight is 269 g/mol. The summed E-state index contributed by atoms with van der Waals surface area (Å²) in [6.07, 6.45) is -0.571. The normalized spacial score (nSPS) is 22.4. The summed E-state index contributed by atoms with van der Waals surface area (Å²) >= 11 is 0. The van der Waals surface area contributed by atoms with Crippen LogP contribution in [0.2, 0.25) is 0 Å². The van der Waals surface area contributed by atoms with E-state index in [1.54, 1.807) is 13.8 Å². The van der Waals surface area contributed by atoms with Gasteiger partial charge in [-0.3, -0.25) is 0 Å². The number of carbonyl (C=O) groups excluding carboxylic acids is 1. The third-order valence-corrected chi connectivity index (χ3v) is 3.14. The van der Waals surface area contributed by atoms with Gasteiger partial charge in [-0.25, -0.2) is 9.59 Å². The van der Waals surface area contributed by atoms with Crippen molar-refractivity contribution in [1.29, 1.82) is 5.26 Å². The molecule has 1 heterocycles. The fourth-order valence-electron chi connectivity index (χ4n) is 2.17. The first-order valence-electron chi connectivity index (χ1n) is 6.23. The smallest absolute Gasteiger partial charge is 0.326 e. The number of nitrogens with zero attached hydrogens (tertiary/aromatic N) is 3. The molecule has 1 rings (SSSR count). The van der Waals surface area contributed by atoms with Crippen LogP contribution in [0.15, 0.2) is 0 Å². The molecule has 0 radical (unpaired) electrons. The van der Waals surface area contributed by atoms with Crippen LogP contribution in [0.1, 0.15) is 26.7 Å². The maximum Gasteiger partial charge on any atom is 0.326 e. The minimum Gasteiger partial charge on any atom is -0.480 e. The number of carboxylic acid groups (broad SMARTS) is 1. The SMILES string of the molecule is CC(C)N(CCC#N)C(=O)N1C[C@H](O)C[C@@H]1C(=O)O. The Labute approximate surface area is 112 Å². The largest absolute Gasteiger partial charge is 0.480 e. The molecule has 1 fully saturated rings. The van der Waals surface area contributed by atoms with Crippen molar-refractivity contribution in [3.05, 3.63) is 0 Å². The van der Waals surface area contributed by atoms with E-state index < -0.39 is 24.1 Å². The Bertz CT molecular complexity index is 391. The Morgan fingerprint density at radius 2 is 2.16 bits per heavy atom. The van der Waals surface area contributed by atoms with Gasteiger partial charge in [-0.2, -0.15) is 5.26 Å². The molecule has 2 atom stereocenters. The molecule has 0 spiro atoms. The maximum absolute atomic E-state index is 12.3. The van der Waals surface area contributed by atoms with Gasteiger partial charge in [-0.05, 0) is 13.8 Å². The van der Waals surface area contributed by atoms with Crippen molar-refractivity contribution in [2.75, 3.05) is 13.1 Å². The first-order chi connectivity index (χ1) is 8.88. The monoisotopic (exact) mass is 269 g/mol. The average Bonchev–Trinajstić information content (AvgIpc) is 2.71. The highest BCUT2D eigenvalue weighted by molar-refractivity contribution is 5.83. The van der Waals surface area contributed by atoms with Gasteiger partial charge in [0.05, 0.1) is 18.6 Å². The number of aliphatic hydroxyl groups is 1. The summed E-state index contributed by atoms with van der Waals surface area (Å²) in [7, 11) is 0. The van der Waals surface area contributed by atoms with E-state index in [0.717, 1.165) is 0 Å². The molecule has 7 nitrogen and oxygen atoms in total. The van der Waals surface area contributed by atoms with E-state index >= 15 is 0 Å². The summed E-state index contributed by atoms with van der Waals surface area (Å²) in [5, 5.41) is 27.2. The predicted molar refractivity (Wildman–Crippen MR) is 66.2 cm³/mol. The van der Waals surface area contributed by atoms with Gasteiger partial charge >= 0.3 is 12.0 Å². The zero-order valence-corrected chi connectivity index (χ0v) is 11.1. The minimum atomic E-state index is -1.12. The van der Waals surface area contributed by atoms with Crippen molar-refractivity contribution >= 4 is 12.0 Å². The number of hydrogen-bond acceptors (Lipinski definition) is 4. The lowest BCUT2D eigenvalue weighted by Gasteiger charge is -2.32. The van der Waals surface area contributed by atoms with Gasteiger partial charge in [0, 0.05) is 25.6 Å². The Morgan fingerprint density at radius 3 is 2.63 bits per heavy atom. The summed E-state index contributed by atoms with van der Waals surface area (Å²) in [5.74, 6) is -1.12. The number of carbonyl (C=O) groups is 2. The molecule has 0 aromatic carbocycles. The Kier molecular flexibility index (Phi) is 5.12. The molecule has 19 heavy (non-hydrogen) atoms. The lowest BCUT2D eigenvalue weighted by Crippen LogP contribution is -2.50. The van der Waals surface area contributed by atoms with Gasteiger partial charge in [0.15, 0.2) is 0 Å². The molecule has 1 aliphatic rings. The van der Waals surface area contributed by atoms with E-state index in [4.69, 9.17) is 10.4 Å². The molecule has 0 aromatic heterocycles. The highest BCUT2D eigenvalue weighted by Crippen LogP contribution is 2.21. The zero-order chi connectivity index (χ0) is 14.6. The summed E-state index contributed by atoms with van der Waals surface area (Å²) < 4.78 is 0. The van der Waals surface area contributed by atoms with Gasteiger partial charge in [0.25, 0.3) is 0 Å². The van der Waals surface area contributed by atoms with E-state index in [2.05, 4.69) is 0 Å². The van der Waals surface area contributed by atoms with Crippen LogP contribution in [0.25, 0.3) is 0 Å². The van der Waals surface area contributed by atoms with Crippen LogP contribution >= 0.6 is 0 Å². The van der Waals surface area contributed by atoms with E-state index in [1.165, 1.54) is 9.80 Å². The summed E-state index contributed by atoms with van der Waals surface area (Å²) in [6.45, 7) is 3.88. The number of aliphatic hydroxyl groups excluding tert-OH is 1. The van der Waals surface area contributed by atoms with Crippen LogP contribution in [0.3, 0.4) is 0 Å². The lowest BCUT2D eigenvalue weighted by atomic mass is 10.2. The van der Waals surface area contributed by atoms with Gasteiger partial charge in [0.1, 0.15) is 6.04 Å². The fraction of sp³-hybridized carbons (Fsp3) is 0.750. The molecule has 1 saturated heterocycles. The second kappa shape index (κ2) is 6.38. The zero-order valence-electron chi connectivity index (χ0n) is 11.1. The second-order valence-electron chi connectivity index (χ2n) is 4.87. The first-order valence-corrected chi connectivity index (χ1v) is 6.23. The van der Waals surface area contributed by atoms with Crippen LogP contribution in [-0.4, -0.2) is 63.3 Å². The Hall–Kier alpha value is -1.81. The van der Waals surface area contributed by atoms with Gasteiger partial charge in [0.2, 0.25) is 0 Å². The van der Waals surface area contributed by atoms with Crippen molar-refractivity contribution < 1.29 is 19.8 Å². The van der Waals surface area contributed by atoms with Crippen molar-refractivity contribution in [2.45, 2.75) is 44.9 Å². The maximum atomic E-state index is 12.3.